The van der Waals surface area contributed by atoms with Crippen LogP contribution in [0.25, 0.3) is 22.2 Å². The molecule has 0 saturated heterocycles. The van der Waals surface area contributed by atoms with Crippen molar-refractivity contribution in [2.45, 2.75) is 19.9 Å². The van der Waals surface area contributed by atoms with Gasteiger partial charge in [0.2, 0.25) is 0 Å². The number of carbonyl (C=O) groups excluding carboxylic acids is 1. The fraction of sp³-hybridized carbons (Fsp3) is 0.150. The Morgan fingerprint density at radius 2 is 1.82 bits per heavy atom. The zero-order chi connectivity index (χ0) is 19.7. The van der Waals surface area contributed by atoms with Gasteiger partial charge in [0.15, 0.2) is 10.8 Å². The van der Waals surface area contributed by atoms with Crippen LogP contribution in [0.1, 0.15) is 30.4 Å². The lowest BCUT2D eigenvalue weighted by Gasteiger charge is -2.12. The van der Waals surface area contributed by atoms with Gasteiger partial charge in [0, 0.05) is 17.0 Å². The summed E-state index contributed by atoms with van der Waals surface area (Å²) in [6.07, 6.45) is 1.69. The summed E-state index contributed by atoms with van der Waals surface area (Å²) in [5.74, 6) is -0.410. The molecule has 140 valence electrons. The molecule has 8 heteroatoms. The highest BCUT2D eigenvalue weighted by Gasteiger charge is 2.19. The Labute approximate surface area is 164 Å². The number of nitrogens with zero attached hydrogens (tertiary/aromatic N) is 4. The van der Waals surface area contributed by atoms with E-state index >= 15 is 0 Å². The molecular weight excluding hydrogens is 374 g/mol. The second-order valence-electron chi connectivity index (χ2n) is 6.44. The second-order valence-corrected chi connectivity index (χ2v) is 7.30. The minimum atomic E-state index is -0.410. The standard InChI is InChI=1S/C20H17N5O2S/c1-12(2)25-19(27)14-8-4-3-7-13(14)17(24-25)18(26)23-20-22-16(11-28-20)15-9-5-6-10-21-15/h3-12H,1-2H3,(H,22,23,26). The highest BCUT2D eigenvalue weighted by Crippen LogP contribution is 2.24. The number of carbonyl (C=O) groups is 1. The first-order chi connectivity index (χ1) is 13.5. The number of hydrogen-bond donors (Lipinski definition) is 1. The molecule has 0 aliphatic heterocycles. The maximum atomic E-state index is 12.9. The van der Waals surface area contributed by atoms with Gasteiger partial charge >= 0.3 is 0 Å². The van der Waals surface area contributed by atoms with E-state index in [0.717, 1.165) is 5.69 Å². The van der Waals surface area contributed by atoms with Crippen molar-refractivity contribution in [1.82, 2.24) is 19.7 Å². The molecule has 4 aromatic rings. The van der Waals surface area contributed by atoms with Crippen molar-refractivity contribution >= 4 is 33.1 Å². The van der Waals surface area contributed by atoms with Gasteiger partial charge in [-0.25, -0.2) is 9.67 Å². The normalized spacial score (nSPS) is 11.1. The summed E-state index contributed by atoms with van der Waals surface area (Å²) in [5, 5.41) is 10.4. The molecule has 0 unspecified atom stereocenters. The average Bonchev–Trinajstić information content (AvgIpc) is 3.17. The van der Waals surface area contributed by atoms with Crippen LogP contribution in [0.3, 0.4) is 0 Å². The molecule has 28 heavy (non-hydrogen) atoms. The summed E-state index contributed by atoms with van der Waals surface area (Å²) in [5.41, 5.74) is 1.40. The van der Waals surface area contributed by atoms with Crippen LogP contribution in [0.5, 0.6) is 0 Å². The molecule has 7 nitrogen and oxygen atoms in total. The summed E-state index contributed by atoms with van der Waals surface area (Å²) >= 11 is 1.31. The van der Waals surface area contributed by atoms with E-state index in [1.807, 2.05) is 37.4 Å². The van der Waals surface area contributed by atoms with Crippen molar-refractivity contribution < 1.29 is 4.79 Å². The van der Waals surface area contributed by atoms with E-state index < -0.39 is 5.91 Å². The molecule has 4 rings (SSSR count). The van der Waals surface area contributed by atoms with Gasteiger partial charge in [-0.1, -0.05) is 24.3 Å². The number of anilines is 1. The lowest BCUT2D eigenvalue weighted by Crippen LogP contribution is -2.28. The molecular formula is C20H17N5O2S. The van der Waals surface area contributed by atoms with E-state index in [1.54, 1.807) is 30.5 Å². The first-order valence-corrected chi connectivity index (χ1v) is 9.62. The maximum absolute atomic E-state index is 12.9. The van der Waals surface area contributed by atoms with Crippen molar-refractivity contribution in [2.75, 3.05) is 5.32 Å². The van der Waals surface area contributed by atoms with Crippen LogP contribution in [0.15, 0.2) is 58.8 Å². The third-order valence-electron chi connectivity index (χ3n) is 4.18. The third-order valence-corrected chi connectivity index (χ3v) is 4.94. The van der Waals surface area contributed by atoms with Crippen LogP contribution in [0, 0.1) is 0 Å². The topological polar surface area (TPSA) is 89.8 Å². The van der Waals surface area contributed by atoms with Crippen molar-refractivity contribution in [3.05, 3.63) is 70.1 Å². The van der Waals surface area contributed by atoms with Crippen molar-refractivity contribution in [1.29, 1.82) is 0 Å². The van der Waals surface area contributed by atoms with Gasteiger partial charge in [0.05, 0.1) is 17.1 Å². The molecule has 1 N–H and O–H groups in total. The van der Waals surface area contributed by atoms with E-state index in [-0.39, 0.29) is 17.3 Å². The zero-order valence-electron chi connectivity index (χ0n) is 15.3. The Hall–Kier alpha value is -3.39. The minimum Gasteiger partial charge on any atom is -0.296 e. The Morgan fingerprint density at radius 1 is 1.07 bits per heavy atom. The Balaban J connectivity index is 1.71. The summed E-state index contributed by atoms with van der Waals surface area (Å²) in [6, 6.07) is 12.4. The predicted octanol–water partition coefficient (Wildman–Crippen LogP) is 3.75. The first kappa shape index (κ1) is 18.0. The van der Waals surface area contributed by atoms with Crippen molar-refractivity contribution in [3.63, 3.8) is 0 Å². The number of nitrogens with one attached hydrogen (secondary N) is 1. The lowest BCUT2D eigenvalue weighted by atomic mass is 10.1. The van der Waals surface area contributed by atoms with Gasteiger partial charge in [0.1, 0.15) is 5.69 Å². The van der Waals surface area contributed by atoms with E-state index in [4.69, 9.17) is 0 Å². The van der Waals surface area contributed by atoms with Crippen LogP contribution >= 0.6 is 11.3 Å². The molecule has 0 radical (unpaired) electrons. The predicted molar refractivity (Wildman–Crippen MR) is 110 cm³/mol. The molecule has 3 heterocycles. The number of thiazole rings is 1. The maximum Gasteiger partial charge on any atom is 0.278 e. The van der Waals surface area contributed by atoms with Gasteiger partial charge in [-0.15, -0.1) is 11.3 Å². The fourth-order valence-corrected chi connectivity index (χ4v) is 3.54. The highest BCUT2D eigenvalue weighted by atomic mass is 32.1. The van der Waals surface area contributed by atoms with Crippen molar-refractivity contribution in [2.24, 2.45) is 0 Å². The summed E-state index contributed by atoms with van der Waals surface area (Å²) in [6.45, 7) is 3.70. The molecule has 0 saturated carbocycles. The summed E-state index contributed by atoms with van der Waals surface area (Å²) < 4.78 is 1.33. The van der Waals surface area contributed by atoms with Gasteiger partial charge in [-0.3, -0.25) is 19.9 Å². The first-order valence-electron chi connectivity index (χ1n) is 8.74. The molecule has 1 amide bonds. The molecule has 3 aromatic heterocycles. The van der Waals surface area contributed by atoms with E-state index in [1.165, 1.54) is 16.0 Å². The van der Waals surface area contributed by atoms with Crippen LogP contribution in [0.2, 0.25) is 0 Å². The molecule has 0 fully saturated rings. The fourth-order valence-electron chi connectivity index (χ4n) is 2.84. The molecule has 0 aliphatic rings. The zero-order valence-corrected chi connectivity index (χ0v) is 16.1. The average molecular weight is 391 g/mol. The monoisotopic (exact) mass is 391 g/mol. The number of amides is 1. The Morgan fingerprint density at radius 3 is 2.54 bits per heavy atom. The number of hydrogen-bond acceptors (Lipinski definition) is 6. The number of aromatic nitrogens is 4. The summed E-state index contributed by atoms with van der Waals surface area (Å²) in [7, 11) is 0. The highest BCUT2D eigenvalue weighted by molar-refractivity contribution is 7.14. The molecule has 0 atom stereocenters. The summed E-state index contributed by atoms with van der Waals surface area (Å²) in [4.78, 5) is 34.2. The van der Waals surface area contributed by atoms with Gasteiger partial charge in [-0.05, 0) is 32.0 Å². The van der Waals surface area contributed by atoms with Crippen LogP contribution < -0.4 is 10.9 Å². The van der Waals surface area contributed by atoms with Crippen LogP contribution in [-0.4, -0.2) is 25.7 Å². The van der Waals surface area contributed by atoms with Gasteiger partial charge in [-0.2, -0.15) is 5.10 Å². The van der Waals surface area contributed by atoms with Gasteiger partial charge in [0.25, 0.3) is 11.5 Å². The third kappa shape index (κ3) is 3.29. The van der Waals surface area contributed by atoms with E-state index in [0.29, 0.717) is 21.6 Å². The number of rotatable bonds is 4. The largest absolute Gasteiger partial charge is 0.296 e. The van der Waals surface area contributed by atoms with Crippen LogP contribution in [-0.2, 0) is 0 Å². The SMILES string of the molecule is CC(C)n1nc(C(=O)Nc2nc(-c3ccccn3)cs2)c2ccccc2c1=O. The number of fused-ring (bicyclic) bond motifs is 1. The molecule has 0 bridgehead atoms. The Kier molecular flexibility index (Phi) is 4.70. The quantitative estimate of drug-likeness (QED) is 0.572. The van der Waals surface area contributed by atoms with E-state index in [2.05, 4.69) is 20.4 Å². The Bertz CT molecular complexity index is 1210. The smallest absolute Gasteiger partial charge is 0.278 e. The molecule has 0 aliphatic carbocycles. The van der Waals surface area contributed by atoms with Crippen molar-refractivity contribution in [3.8, 4) is 11.4 Å². The lowest BCUT2D eigenvalue weighted by molar-refractivity contribution is 0.102. The molecule has 0 spiro atoms. The molecule has 1 aromatic carbocycles. The van der Waals surface area contributed by atoms with Crippen LogP contribution in [0.4, 0.5) is 5.13 Å². The second kappa shape index (κ2) is 7.32. The van der Waals surface area contributed by atoms with E-state index in [9.17, 15) is 9.59 Å². The number of pyridine rings is 1. The number of benzene rings is 1. The van der Waals surface area contributed by atoms with Gasteiger partial charge < -0.3 is 0 Å². The minimum absolute atomic E-state index is 0.167.